The van der Waals surface area contributed by atoms with Gasteiger partial charge in [0.05, 0.1) is 0 Å². The summed E-state index contributed by atoms with van der Waals surface area (Å²) in [6.45, 7) is 0. The summed E-state index contributed by atoms with van der Waals surface area (Å²) >= 11 is -8.92. The van der Waals surface area contributed by atoms with Crippen LogP contribution in [0.2, 0.25) is 0 Å². The van der Waals surface area contributed by atoms with E-state index in [9.17, 15) is 65.9 Å². The second-order valence-corrected chi connectivity index (χ2v) is 26.3. The van der Waals surface area contributed by atoms with Crippen LogP contribution in [0.15, 0.2) is 121 Å². The SMILES string of the molecule is FC(F)(F)c1ccc([Te](F)(c2ccc(C(F)(F)F)cc2)(c2ccc(C(F)(F)F)cc2)(c2ccc(C(F)(F)F)cc2)c2ccc(C(F)(F)F)cc2)cc1. The Hall–Kier alpha value is -4.23. The molecule has 0 saturated carbocycles. The quantitative estimate of drug-likeness (QED) is 0.122. The zero-order chi connectivity index (χ0) is 38.8. The van der Waals surface area contributed by atoms with Crippen LogP contribution in [0.5, 0.6) is 0 Å². The molecule has 278 valence electrons. The first kappa shape index (κ1) is 39.0. The molecule has 0 amide bonds. The first-order valence-corrected chi connectivity index (χ1v) is 21.1. The molecule has 0 aromatic heterocycles. The average molecular weight is 872 g/mol. The molecule has 0 heterocycles. The molecule has 0 radical (unpaired) electrons. The van der Waals surface area contributed by atoms with Gasteiger partial charge in [-0.3, -0.25) is 0 Å². The molecule has 52 heavy (non-hydrogen) atoms. The van der Waals surface area contributed by atoms with E-state index in [0.717, 1.165) is 0 Å². The van der Waals surface area contributed by atoms with E-state index in [-0.39, 0.29) is 0 Å². The molecule has 0 unspecified atom stereocenters. The van der Waals surface area contributed by atoms with Crippen LogP contribution in [0, 0.1) is 0 Å². The minimum atomic E-state index is -8.92. The Bertz CT molecular complexity index is 1710. The van der Waals surface area contributed by atoms with E-state index in [4.69, 9.17) is 0 Å². The van der Waals surface area contributed by atoms with Gasteiger partial charge in [-0.25, -0.2) is 0 Å². The van der Waals surface area contributed by atoms with Crippen LogP contribution in [0.4, 0.5) is 68.7 Å². The van der Waals surface area contributed by atoms with Gasteiger partial charge in [-0.05, 0) is 0 Å². The second kappa shape index (κ2) is 11.9. The summed E-state index contributed by atoms with van der Waals surface area (Å²) in [5, 5.41) is 0. The van der Waals surface area contributed by atoms with E-state index in [2.05, 4.69) is 0 Å². The van der Waals surface area contributed by atoms with Crippen molar-refractivity contribution in [2.45, 2.75) is 30.9 Å². The van der Waals surface area contributed by atoms with Crippen LogP contribution in [0.1, 0.15) is 27.8 Å². The van der Waals surface area contributed by atoms with Crippen LogP contribution in [-0.4, -0.2) is 16.0 Å². The molecule has 5 aromatic rings. The first-order valence-electron chi connectivity index (χ1n) is 14.4. The van der Waals surface area contributed by atoms with E-state index in [0.29, 0.717) is 121 Å². The van der Waals surface area contributed by atoms with Gasteiger partial charge in [-0.1, -0.05) is 0 Å². The number of halogens is 16. The zero-order valence-corrected chi connectivity index (χ0v) is 27.8. The molecule has 0 spiro atoms. The van der Waals surface area contributed by atoms with Gasteiger partial charge in [0.25, 0.3) is 0 Å². The van der Waals surface area contributed by atoms with Crippen molar-refractivity contribution in [3.8, 4) is 0 Å². The van der Waals surface area contributed by atoms with Crippen LogP contribution in [0.25, 0.3) is 0 Å². The summed E-state index contributed by atoms with van der Waals surface area (Å²) < 4.78 is 224. The Morgan fingerprint density at radius 1 is 0.231 bits per heavy atom. The molecule has 5 rings (SSSR count). The van der Waals surface area contributed by atoms with Gasteiger partial charge < -0.3 is 0 Å². The van der Waals surface area contributed by atoms with Crippen molar-refractivity contribution in [3.05, 3.63) is 149 Å². The van der Waals surface area contributed by atoms with Crippen molar-refractivity contribution in [1.82, 2.24) is 0 Å². The van der Waals surface area contributed by atoms with E-state index in [1.54, 1.807) is 0 Å². The molecule has 0 atom stereocenters. The van der Waals surface area contributed by atoms with Crippen molar-refractivity contribution in [2.75, 3.05) is 0 Å². The van der Waals surface area contributed by atoms with Crippen molar-refractivity contribution in [1.29, 1.82) is 0 Å². The van der Waals surface area contributed by atoms with E-state index < -0.39 is 92.8 Å². The first-order chi connectivity index (χ1) is 23.7. The third kappa shape index (κ3) is 5.80. The Balaban J connectivity index is 2.16. The summed E-state index contributed by atoms with van der Waals surface area (Å²) in [6, 6.07) is 8.61. The van der Waals surface area contributed by atoms with Crippen LogP contribution in [-0.2, 0) is 30.9 Å². The second-order valence-electron chi connectivity index (χ2n) is 11.5. The van der Waals surface area contributed by atoms with E-state index in [1.807, 2.05) is 0 Å². The molecule has 0 N–H and O–H groups in total. The molecule has 0 aliphatic rings. The Morgan fingerprint density at radius 3 is 0.442 bits per heavy atom. The monoisotopic (exact) mass is 874 g/mol. The molecule has 0 aliphatic heterocycles. The van der Waals surface area contributed by atoms with E-state index in [1.165, 1.54) is 0 Å². The maximum absolute atomic E-state index is 21.2. The average Bonchev–Trinajstić information content (AvgIpc) is 3.06. The predicted molar refractivity (Wildman–Crippen MR) is 162 cm³/mol. The summed E-state index contributed by atoms with van der Waals surface area (Å²) in [7, 11) is 0. The summed E-state index contributed by atoms with van der Waals surface area (Å²) in [5.74, 6) is 0. The van der Waals surface area contributed by atoms with Gasteiger partial charge in [0.1, 0.15) is 0 Å². The van der Waals surface area contributed by atoms with Gasteiger partial charge in [-0.2, -0.15) is 0 Å². The fourth-order valence-corrected chi connectivity index (χ4v) is 25.1. The number of rotatable bonds is 5. The van der Waals surface area contributed by atoms with Crippen molar-refractivity contribution >= 4 is 34.1 Å². The summed E-state index contributed by atoms with van der Waals surface area (Å²) in [6.07, 6.45) is -25.4. The standard InChI is InChI=1S/C35H20F16Te/c36-31(37,38)21-1-11-26(12-2-21)52(51,27-13-3-22(4-14-27)32(39,40)41,28-15-5-23(6-16-28)33(42,43)44,29-17-7-24(8-18-29)34(45,46)47)30-19-9-25(10-20-30)35(48,49)50/h1-20H. The molecule has 0 fully saturated rings. The molecule has 0 saturated heterocycles. The van der Waals surface area contributed by atoms with Gasteiger partial charge in [0.15, 0.2) is 0 Å². The van der Waals surface area contributed by atoms with Gasteiger partial charge in [-0.15, -0.1) is 0 Å². The molecular weight excluding hydrogens is 852 g/mol. The zero-order valence-electron chi connectivity index (χ0n) is 25.5. The van der Waals surface area contributed by atoms with E-state index >= 15 is 2.89 Å². The van der Waals surface area contributed by atoms with Crippen molar-refractivity contribution in [2.24, 2.45) is 0 Å². The molecular formula is C35H20F16Te. The molecule has 17 heteroatoms. The Labute approximate surface area is 282 Å². The van der Waals surface area contributed by atoms with Crippen LogP contribution >= 0.6 is 0 Å². The fraction of sp³-hybridized carbons (Fsp3) is 0.143. The van der Waals surface area contributed by atoms with Crippen LogP contribution in [0.3, 0.4) is 0 Å². The Kier molecular flexibility index (Phi) is 8.92. The topological polar surface area (TPSA) is 0 Å². The third-order valence-electron chi connectivity index (χ3n) is 8.71. The molecule has 5 aromatic carbocycles. The number of hydrogen-bond acceptors (Lipinski definition) is 0. The predicted octanol–water partition coefficient (Wildman–Crippen LogP) is 9.44. The van der Waals surface area contributed by atoms with Gasteiger partial charge in [0, 0.05) is 0 Å². The summed E-state index contributed by atoms with van der Waals surface area (Å²) in [5.41, 5.74) is -7.05. The minimum absolute atomic E-state index is 0.334. The van der Waals surface area contributed by atoms with Crippen molar-refractivity contribution in [3.63, 3.8) is 0 Å². The number of hydrogen-bond donors (Lipinski definition) is 0. The van der Waals surface area contributed by atoms with Gasteiger partial charge >= 0.3 is 283 Å². The normalized spacial score (nSPS) is 14.8. The Morgan fingerprint density at radius 2 is 0.346 bits per heavy atom. The number of alkyl halides is 15. The fourth-order valence-electron chi connectivity index (χ4n) is 6.20. The van der Waals surface area contributed by atoms with Gasteiger partial charge in [0.2, 0.25) is 0 Å². The molecule has 0 bridgehead atoms. The number of benzene rings is 5. The summed E-state index contributed by atoms with van der Waals surface area (Å²) in [4.78, 5) is 0. The van der Waals surface area contributed by atoms with Crippen molar-refractivity contribution < 1.29 is 68.7 Å². The van der Waals surface area contributed by atoms with Crippen LogP contribution < -0.4 is 18.1 Å². The molecule has 0 aliphatic carbocycles. The maximum atomic E-state index is 21.2. The molecule has 0 nitrogen and oxygen atoms in total. The third-order valence-corrected chi connectivity index (χ3v) is 28.6.